The van der Waals surface area contributed by atoms with E-state index in [1.54, 1.807) is 0 Å². The van der Waals surface area contributed by atoms with E-state index >= 15 is 0 Å². The SMILES string of the molecule is CCc1cccc(CC)c1NC(=S)N=Nc1c(O)n(CN2CCOCC2)c2ccccc12. The molecular formula is C24H29N5O2S. The minimum Gasteiger partial charge on any atom is -0.493 e. The van der Waals surface area contributed by atoms with Gasteiger partial charge in [-0.3, -0.25) is 9.47 Å². The summed E-state index contributed by atoms with van der Waals surface area (Å²) in [5.41, 5.74) is 4.71. The molecule has 0 atom stereocenters. The van der Waals surface area contributed by atoms with Crippen LogP contribution >= 0.6 is 12.2 Å². The number of para-hydroxylation sites is 2. The van der Waals surface area contributed by atoms with Crippen molar-refractivity contribution in [1.29, 1.82) is 0 Å². The van der Waals surface area contributed by atoms with Gasteiger partial charge in [-0.2, -0.15) is 0 Å². The molecule has 2 N–H and O–H groups in total. The summed E-state index contributed by atoms with van der Waals surface area (Å²) in [4.78, 5) is 2.25. The van der Waals surface area contributed by atoms with E-state index in [1.165, 1.54) is 11.1 Å². The van der Waals surface area contributed by atoms with Crippen LogP contribution in [-0.2, 0) is 24.2 Å². The molecule has 8 heteroatoms. The normalized spacial score (nSPS) is 14.9. The summed E-state index contributed by atoms with van der Waals surface area (Å²) in [6.07, 6.45) is 1.79. The molecule has 4 rings (SSSR count). The van der Waals surface area contributed by atoms with Crippen molar-refractivity contribution in [1.82, 2.24) is 9.47 Å². The Morgan fingerprint density at radius 1 is 1.06 bits per heavy atom. The smallest absolute Gasteiger partial charge is 0.221 e. The molecule has 0 unspecified atom stereocenters. The zero-order valence-electron chi connectivity index (χ0n) is 18.5. The summed E-state index contributed by atoms with van der Waals surface area (Å²) in [7, 11) is 0. The van der Waals surface area contributed by atoms with Gasteiger partial charge in [0.1, 0.15) is 0 Å². The second kappa shape index (κ2) is 10.2. The Morgan fingerprint density at radius 2 is 1.75 bits per heavy atom. The fourth-order valence-electron chi connectivity index (χ4n) is 4.09. The number of rotatable bonds is 6. The summed E-state index contributed by atoms with van der Waals surface area (Å²) in [6.45, 7) is 7.85. The number of nitrogens with one attached hydrogen (secondary N) is 1. The van der Waals surface area contributed by atoms with E-state index in [2.05, 4.69) is 52.5 Å². The Balaban J connectivity index is 1.60. The van der Waals surface area contributed by atoms with E-state index in [0.29, 0.717) is 25.6 Å². The molecule has 2 aromatic carbocycles. The molecule has 2 heterocycles. The number of aromatic nitrogens is 1. The average molecular weight is 452 g/mol. The van der Waals surface area contributed by atoms with Crippen molar-refractivity contribution in [3.05, 3.63) is 53.6 Å². The molecule has 0 saturated carbocycles. The molecule has 1 aliphatic rings. The van der Waals surface area contributed by atoms with Crippen LogP contribution in [0.5, 0.6) is 5.88 Å². The molecule has 1 saturated heterocycles. The summed E-state index contributed by atoms with van der Waals surface area (Å²) in [5, 5.41) is 24.0. The quantitative estimate of drug-likeness (QED) is 0.396. The lowest BCUT2D eigenvalue weighted by Crippen LogP contribution is -2.37. The standard InChI is InChI=1S/C24H29N5O2S/c1-3-17-8-7-9-18(4-2)21(17)25-24(32)27-26-22-19-10-5-6-11-20(19)29(23(22)30)16-28-12-14-31-15-13-28/h5-11,30H,3-4,12-16H2,1-2H3,(H,25,32). The summed E-state index contributed by atoms with van der Waals surface area (Å²) >= 11 is 5.47. The van der Waals surface area contributed by atoms with Gasteiger partial charge in [-0.1, -0.05) is 50.2 Å². The third-order valence-electron chi connectivity index (χ3n) is 5.83. The van der Waals surface area contributed by atoms with Crippen LogP contribution in [0.3, 0.4) is 0 Å². The predicted molar refractivity (Wildman–Crippen MR) is 132 cm³/mol. The lowest BCUT2D eigenvalue weighted by molar-refractivity contribution is 0.0231. The maximum Gasteiger partial charge on any atom is 0.221 e. The minimum atomic E-state index is 0.0902. The van der Waals surface area contributed by atoms with Gasteiger partial charge in [-0.05, 0) is 42.3 Å². The molecule has 0 bridgehead atoms. The summed E-state index contributed by atoms with van der Waals surface area (Å²) in [5.74, 6) is 0.0902. The van der Waals surface area contributed by atoms with Crippen molar-refractivity contribution in [3.8, 4) is 5.88 Å². The van der Waals surface area contributed by atoms with Gasteiger partial charge in [0.25, 0.3) is 0 Å². The lowest BCUT2D eigenvalue weighted by Gasteiger charge is -2.27. The fourth-order valence-corrected chi connectivity index (χ4v) is 4.23. The highest BCUT2D eigenvalue weighted by atomic mass is 32.1. The molecule has 1 aliphatic heterocycles. The maximum absolute atomic E-state index is 11.0. The van der Waals surface area contributed by atoms with Gasteiger partial charge in [-0.15, -0.1) is 10.2 Å². The molecule has 3 aromatic rings. The second-order valence-corrected chi connectivity index (χ2v) is 8.16. The number of hydrogen-bond acceptors (Lipinski definition) is 5. The molecule has 0 radical (unpaired) electrons. The van der Waals surface area contributed by atoms with Crippen molar-refractivity contribution in [3.63, 3.8) is 0 Å². The van der Waals surface area contributed by atoms with Crippen LogP contribution < -0.4 is 5.32 Å². The molecule has 7 nitrogen and oxygen atoms in total. The highest BCUT2D eigenvalue weighted by molar-refractivity contribution is 7.80. The number of aryl methyl sites for hydroxylation is 2. The van der Waals surface area contributed by atoms with Crippen molar-refractivity contribution in [2.24, 2.45) is 10.2 Å². The van der Waals surface area contributed by atoms with Crippen LogP contribution in [0.25, 0.3) is 10.9 Å². The number of azo groups is 1. The zero-order chi connectivity index (χ0) is 22.5. The van der Waals surface area contributed by atoms with E-state index in [1.807, 2.05) is 28.8 Å². The molecule has 32 heavy (non-hydrogen) atoms. The van der Waals surface area contributed by atoms with E-state index in [4.69, 9.17) is 17.0 Å². The van der Waals surface area contributed by atoms with Crippen LogP contribution in [0.15, 0.2) is 52.7 Å². The monoisotopic (exact) mass is 451 g/mol. The Hall–Kier alpha value is -2.81. The first-order chi connectivity index (χ1) is 15.6. The molecule has 0 spiro atoms. The van der Waals surface area contributed by atoms with Gasteiger partial charge in [0.15, 0.2) is 5.69 Å². The first-order valence-electron chi connectivity index (χ1n) is 11.1. The number of anilines is 1. The van der Waals surface area contributed by atoms with Crippen LogP contribution in [0.4, 0.5) is 11.4 Å². The number of nitrogens with zero attached hydrogens (tertiary/aromatic N) is 4. The number of aromatic hydroxyl groups is 1. The highest BCUT2D eigenvalue weighted by Gasteiger charge is 2.19. The number of thiocarbonyl (C=S) groups is 1. The molecule has 0 amide bonds. The lowest BCUT2D eigenvalue weighted by atomic mass is 10.0. The van der Waals surface area contributed by atoms with Crippen molar-refractivity contribution in [2.75, 3.05) is 31.6 Å². The first-order valence-corrected chi connectivity index (χ1v) is 11.5. The predicted octanol–water partition coefficient (Wildman–Crippen LogP) is 5.24. The van der Waals surface area contributed by atoms with E-state index < -0.39 is 0 Å². The van der Waals surface area contributed by atoms with Gasteiger partial charge < -0.3 is 15.2 Å². The van der Waals surface area contributed by atoms with E-state index in [-0.39, 0.29) is 11.0 Å². The number of fused-ring (bicyclic) bond motifs is 1. The first kappa shape index (κ1) is 22.4. The average Bonchev–Trinajstić information content (AvgIpc) is 3.09. The molecule has 0 aliphatic carbocycles. The van der Waals surface area contributed by atoms with E-state index in [9.17, 15) is 5.11 Å². The van der Waals surface area contributed by atoms with Crippen molar-refractivity contribution >= 4 is 39.6 Å². The molecule has 168 valence electrons. The third kappa shape index (κ3) is 4.67. The zero-order valence-corrected chi connectivity index (χ0v) is 19.4. The number of ether oxygens (including phenoxy) is 1. The van der Waals surface area contributed by atoms with Gasteiger partial charge in [0.2, 0.25) is 11.0 Å². The second-order valence-electron chi connectivity index (χ2n) is 7.78. The fraction of sp³-hybridized carbons (Fsp3) is 0.375. The third-order valence-corrected chi connectivity index (χ3v) is 6.02. The molecule has 1 fully saturated rings. The Labute approximate surface area is 193 Å². The van der Waals surface area contributed by atoms with Crippen LogP contribution in [-0.4, -0.2) is 46.0 Å². The van der Waals surface area contributed by atoms with Crippen molar-refractivity contribution in [2.45, 2.75) is 33.4 Å². The molecular weight excluding hydrogens is 422 g/mol. The summed E-state index contributed by atoms with van der Waals surface area (Å²) < 4.78 is 7.31. The van der Waals surface area contributed by atoms with Crippen LogP contribution in [0, 0.1) is 0 Å². The highest BCUT2D eigenvalue weighted by Crippen LogP contribution is 2.39. The van der Waals surface area contributed by atoms with Crippen LogP contribution in [0.2, 0.25) is 0 Å². The van der Waals surface area contributed by atoms with Gasteiger partial charge in [0, 0.05) is 24.2 Å². The Morgan fingerprint density at radius 3 is 2.44 bits per heavy atom. The van der Waals surface area contributed by atoms with Gasteiger partial charge in [0.05, 0.1) is 25.4 Å². The minimum absolute atomic E-state index is 0.0902. The Kier molecular flexibility index (Phi) is 7.14. The van der Waals surface area contributed by atoms with Gasteiger partial charge >= 0.3 is 0 Å². The topological polar surface area (TPSA) is 74.4 Å². The summed E-state index contributed by atoms with van der Waals surface area (Å²) in [6, 6.07) is 14.1. The number of benzene rings is 2. The van der Waals surface area contributed by atoms with Crippen molar-refractivity contribution < 1.29 is 9.84 Å². The van der Waals surface area contributed by atoms with Crippen LogP contribution in [0.1, 0.15) is 25.0 Å². The Bertz CT molecular complexity index is 1110. The van der Waals surface area contributed by atoms with Gasteiger partial charge in [-0.25, -0.2) is 0 Å². The largest absolute Gasteiger partial charge is 0.493 e. The molecule has 1 aromatic heterocycles. The number of hydrogen-bond donors (Lipinski definition) is 2. The number of morpholine rings is 1. The maximum atomic E-state index is 11.0. The van der Waals surface area contributed by atoms with E-state index in [0.717, 1.165) is 42.5 Å².